The standard InChI is InChI=1S/C43H61NO4/c1-2-3-4-5-6-7-8-9-10-11-12-13-14-15-25-34-44-42(45)48-40-33-26-35-46-41(40)36-47-43(37-27-19-16-20-28-37,38-29-21-17-22-30-38)39-31-23-18-24-32-39/h16-24,27-32,40-41H,2-15,25-26,33-36H2,1H3,(H,44,45)/t40-,41+/m1/s1. The number of unbranched alkanes of at least 4 members (excludes halogenated alkanes) is 14. The lowest BCUT2D eigenvalue weighted by molar-refractivity contribution is -0.129. The summed E-state index contributed by atoms with van der Waals surface area (Å²) in [6.07, 6.45) is 20.5. The van der Waals surface area contributed by atoms with Crippen LogP contribution in [0.5, 0.6) is 0 Å². The third kappa shape index (κ3) is 12.4. The monoisotopic (exact) mass is 655 g/mol. The molecule has 1 aliphatic rings. The molecular weight excluding hydrogens is 594 g/mol. The summed E-state index contributed by atoms with van der Waals surface area (Å²) in [5, 5.41) is 2.99. The summed E-state index contributed by atoms with van der Waals surface area (Å²) in [5.74, 6) is 0. The Bertz CT molecular complexity index is 1140. The summed E-state index contributed by atoms with van der Waals surface area (Å²) >= 11 is 0. The van der Waals surface area contributed by atoms with Crippen molar-refractivity contribution < 1.29 is 19.0 Å². The highest BCUT2D eigenvalue weighted by atomic mass is 16.6. The third-order valence-electron chi connectivity index (χ3n) is 9.69. The third-order valence-corrected chi connectivity index (χ3v) is 9.69. The van der Waals surface area contributed by atoms with Crippen LogP contribution in [0.3, 0.4) is 0 Å². The number of benzene rings is 3. The Labute approximate surface area is 291 Å². The molecule has 262 valence electrons. The molecule has 0 bridgehead atoms. The maximum absolute atomic E-state index is 12.8. The summed E-state index contributed by atoms with van der Waals surface area (Å²) in [6, 6.07) is 31.0. The quantitative estimate of drug-likeness (QED) is 0.0816. The molecule has 3 aromatic rings. The van der Waals surface area contributed by atoms with Gasteiger partial charge in [0.15, 0.2) is 0 Å². The van der Waals surface area contributed by atoms with Crippen LogP contribution in [0, 0.1) is 0 Å². The molecule has 1 saturated heterocycles. The van der Waals surface area contributed by atoms with Gasteiger partial charge in [-0.2, -0.15) is 0 Å². The van der Waals surface area contributed by atoms with Crippen LogP contribution in [0.15, 0.2) is 91.0 Å². The molecule has 1 heterocycles. The van der Waals surface area contributed by atoms with Gasteiger partial charge in [0.2, 0.25) is 0 Å². The van der Waals surface area contributed by atoms with E-state index in [0.717, 1.165) is 42.4 Å². The van der Waals surface area contributed by atoms with E-state index in [9.17, 15) is 4.79 Å². The van der Waals surface area contributed by atoms with Gasteiger partial charge in [-0.25, -0.2) is 4.79 Å². The summed E-state index contributed by atoms with van der Waals surface area (Å²) in [7, 11) is 0. The van der Waals surface area contributed by atoms with Gasteiger partial charge < -0.3 is 19.5 Å². The van der Waals surface area contributed by atoms with Crippen molar-refractivity contribution in [1.29, 1.82) is 0 Å². The second-order valence-electron chi connectivity index (χ2n) is 13.5. The highest BCUT2D eigenvalue weighted by molar-refractivity contribution is 5.67. The van der Waals surface area contributed by atoms with Crippen LogP contribution in [0.25, 0.3) is 0 Å². The highest BCUT2D eigenvalue weighted by Gasteiger charge is 2.40. The molecule has 2 atom stereocenters. The van der Waals surface area contributed by atoms with E-state index < -0.39 is 5.60 Å². The normalized spacial score (nSPS) is 16.4. The fourth-order valence-corrected chi connectivity index (χ4v) is 6.94. The van der Waals surface area contributed by atoms with Crippen molar-refractivity contribution in [2.24, 2.45) is 0 Å². The summed E-state index contributed by atoms with van der Waals surface area (Å²) in [4.78, 5) is 12.8. The molecule has 5 nitrogen and oxygen atoms in total. The average molecular weight is 656 g/mol. The van der Waals surface area contributed by atoms with Crippen LogP contribution in [0.1, 0.15) is 133 Å². The van der Waals surface area contributed by atoms with Gasteiger partial charge in [0.25, 0.3) is 0 Å². The van der Waals surface area contributed by atoms with Crippen molar-refractivity contribution in [2.45, 2.75) is 134 Å². The minimum absolute atomic E-state index is 0.287. The zero-order valence-corrected chi connectivity index (χ0v) is 29.6. The molecule has 1 amide bonds. The number of hydrogen-bond acceptors (Lipinski definition) is 4. The Balaban J connectivity index is 1.19. The predicted molar refractivity (Wildman–Crippen MR) is 197 cm³/mol. The second kappa shape index (κ2) is 22.5. The van der Waals surface area contributed by atoms with E-state index in [0.29, 0.717) is 13.2 Å². The van der Waals surface area contributed by atoms with Crippen LogP contribution >= 0.6 is 0 Å². The van der Waals surface area contributed by atoms with Crippen molar-refractivity contribution in [2.75, 3.05) is 19.8 Å². The van der Waals surface area contributed by atoms with E-state index >= 15 is 0 Å². The van der Waals surface area contributed by atoms with Gasteiger partial charge in [0.05, 0.1) is 6.61 Å². The van der Waals surface area contributed by atoms with E-state index in [1.165, 1.54) is 83.5 Å². The molecule has 5 heteroatoms. The maximum Gasteiger partial charge on any atom is 0.407 e. The fourth-order valence-electron chi connectivity index (χ4n) is 6.94. The number of carbonyl (C=O) groups excluding carboxylic acids is 1. The zero-order chi connectivity index (χ0) is 33.5. The van der Waals surface area contributed by atoms with E-state index in [4.69, 9.17) is 14.2 Å². The number of nitrogens with one attached hydrogen (secondary N) is 1. The van der Waals surface area contributed by atoms with E-state index in [-0.39, 0.29) is 24.9 Å². The van der Waals surface area contributed by atoms with E-state index in [1.54, 1.807) is 0 Å². The van der Waals surface area contributed by atoms with Crippen molar-refractivity contribution in [3.05, 3.63) is 108 Å². The Morgan fingerprint density at radius 2 is 1.10 bits per heavy atom. The first-order valence-corrected chi connectivity index (χ1v) is 19.1. The molecule has 1 N–H and O–H groups in total. The molecule has 0 aromatic heterocycles. The number of rotatable bonds is 23. The van der Waals surface area contributed by atoms with E-state index in [1.807, 2.05) is 54.6 Å². The van der Waals surface area contributed by atoms with Gasteiger partial charge in [0.1, 0.15) is 17.8 Å². The Morgan fingerprint density at radius 3 is 1.56 bits per heavy atom. The number of alkyl carbamates (subject to hydrolysis) is 1. The van der Waals surface area contributed by atoms with Crippen molar-refractivity contribution in [3.8, 4) is 0 Å². The van der Waals surface area contributed by atoms with Gasteiger partial charge in [-0.3, -0.25) is 0 Å². The molecule has 3 aromatic carbocycles. The molecule has 0 spiro atoms. The van der Waals surface area contributed by atoms with Crippen molar-refractivity contribution in [3.63, 3.8) is 0 Å². The molecule has 48 heavy (non-hydrogen) atoms. The van der Waals surface area contributed by atoms with Crippen LogP contribution in [-0.2, 0) is 19.8 Å². The minimum Gasteiger partial charge on any atom is -0.443 e. The molecule has 0 unspecified atom stereocenters. The lowest BCUT2D eigenvalue weighted by Gasteiger charge is -2.39. The smallest absolute Gasteiger partial charge is 0.407 e. The predicted octanol–water partition coefficient (Wildman–Crippen LogP) is 11.1. The largest absolute Gasteiger partial charge is 0.443 e. The maximum atomic E-state index is 12.8. The number of carbonyl (C=O) groups is 1. The van der Waals surface area contributed by atoms with Crippen LogP contribution in [-0.4, -0.2) is 38.1 Å². The minimum atomic E-state index is -0.842. The van der Waals surface area contributed by atoms with Gasteiger partial charge >= 0.3 is 6.09 Å². The molecule has 4 rings (SSSR count). The molecular formula is C43H61NO4. The lowest BCUT2D eigenvalue weighted by Crippen LogP contribution is -2.45. The molecule has 1 aliphatic heterocycles. The van der Waals surface area contributed by atoms with Gasteiger partial charge in [-0.05, 0) is 36.0 Å². The van der Waals surface area contributed by atoms with Crippen molar-refractivity contribution >= 4 is 6.09 Å². The second-order valence-corrected chi connectivity index (χ2v) is 13.5. The van der Waals surface area contributed by atoms with Gasteiger partial charge in [-0.15, -0.1) is 0 Å². The molecule has 1 fully saturated rings. The zero-order valence-electron chi connectivity index (χ0n) is 29.6. The number of ether oxygens (including phenoxy) is 3. The van der Waals surface area contributed by atoms with E-state index in [2.05, 4.69) is 48.6 Å². The Morgan fingerprint density at radius 1 is 0.667 bits per heavy atom. The summed E-state index contributed by atoms with van der Waals surface area (Å²) in [6.45, 7) is 3.84. The van der Waals surface area contributed by atoms with Gasteiger partial charge in [0, 0.05) is 13.2 Å². The Kier molecular flexibility index (Phi) is 17.6. The summed E-state index contributed by atoms with van der Waals surface area (Å²) < 4.78 is 19.2. The first-order chi connectivity index (χ1) is 23.7. The lowest BCUT2D eigenvalue weighted by atomic mass is 9.80. The first kappa shape index (κ1) is 37.7. The Hall–Kier alpha value is -3.15. The summed E-state index contributed by atoms with van der Waals surface area (Å²) in [5.41, 5.74) is 2.27. The van der Waals surface area contributed by atoms with Crippen LogP contribution in [0.2, 0.25) is 0 Å². The highest BCUT2D eigenvalue weighted by Crippen LogP contribution is 2.41. The molecule has 0 saturated carbocycles. The van der Waals surface area contributed by atoms with Crippen LogP contribution < -0.4 is 5.32 Å². The topological polar surface area (TPSA) is 56.8 Å². The fraction of sp³-hybridized carbons (Fsp3) is 0.558. The molecule has 0 radical (unpaired) electrons. The molecule has 0 aliphatic carbocycles. The van der Waals surface area contributed by atoms with Crippen molar-refractivity contribution in [1.82, 2.24) is 5.32 Å². The van der Waals surface area contributed by atoms with Gasteiger partial charge in [-0.1, -0.05) is 188 Å². The average Bonchev–Trinajstić information content (AvgIpc) is 3.13. The number of amides is 1. The van der Waals surface area contributed by atoms with Crippen LogP contribution in [0.4, 0.5) is 4.79 Å². The first-order valence-electron chi connectivity index (χ1n) is 19.1. The number of hydrogen-bond donors (Lipinski definition) is 1. The SMILES string of the molecule is CCCCCCCCCCCCCCCCCNC(=O)O[C@@H]1CCCO[C@H]1COC(c1ccccc1)(c1ccccc1)c1ccccc1.